The van der Waals surface area contributed by atoms with E-state index < -0.39 is 17.2 Å². The molecule has 0 radical (unpaired) electrons. The number of carbonyl (C=O) groups is 1. The van der Waals surface area contributed by atoms with Gasteiger partial charge in [0.2, 0.25) is 0 Å². The molecule has 154 valence electrons. The van der Waals surface area contributed by atoms with Crippen LogP contribution in [0.15, 0.2) is 58.1 Å². The molecule has 9 heteroatoms. The van der Waals surface area contributed by atoms with Crippen molar-refractivity contribution >= 4 is 17.5 Å². The van der Waals surface area contributed by atoms with Crippen LogP contribution in [0.2, 0.25) is 0 Å². The highest BCUT2D eigenvalue weighted by atomic mass is 16.2. The van der Waals surface area contributed by atoms with Crippen molar-refractivity contribution < 1.29 is 4.79 Å². The van der Waals surface area contributed by atoms with Gasteiger partial charge in [-0.05, 0) is 42.9 Å². The lowest BCUT2D eigenvalue weighted by molar-refractivity contribution is 0.102. The second kappa shape index (κ2) is 8.73. The average Bonchev–Trinajstić information content (AvgIpc) is 2.74. The van der Waals surface area contributed by atoms with Crippen molar-refractivity contribution in [2.45, 2.75) is 19.3 Å². The minimum absolute atomic E-state index is 0.000106. The number of hydrogen-bond donors (Lipinski definition) is 3. The fourth-order valence-electron chi connectivity index (χ4n) is 3.65. The second-order valence-corrected chi connectivity index (χ2v) is 7.35. The van der Waals surface area contributed by atoms with E-state index in [-0.39, 0.29) is 11.5 Å². The van der Waals surface area contributed by atoms with E-state index >= 15 is 0 Å². The molecule has 3 heterocycles. The lowest BCUT2D eigenvalue weighted by atomic mass is 9.90. The van der Waals surface area contributed by atoms with Crippen LogP contribution in [-0.4, -0.2) is 39.2 Å². The summed E-state index contributed by atoms with van der Waals surface area (Å²) in [5.74, 6) is 0.823. The van der Waals surface area contributed by atoms with Crippen LogP contribution in [-0.2, 0) is 6.42 Å². The quantitative estimate of drug-likeness (QED) is 0.591. The van der Waals surface area contributed by atoms with Crippen LogP contribution in [0.3, 0.4) is 0 Å². The van der Waals surface area contributed by atoms with E-state index in [9.17, 15) is 14.4 Å². The monoisotopic (exact) mass is 406 g/mol. The van der Waals surface area contributed by atoms with E-state index in [2.05, 4.69) is 49.7 Å². The van der Waals surface area contributed by atoms with Crippen LogP contribution >= 0.6 is 0 Å². The number of hydrogen-bond acceptors (Lipinski definition) is 6. The van der Waals surface area contributed by atoms with Crippen molar-refractivity contribution in [2.24, 2.45) is 5.92 Å². The molecule has 0 aliphatic carbocycles. The van der Waals surface area contributed by atoms with Gasteiger partial charge in [-0.25, -0.2) is 4.79 Å². The van der Waals surface area contributed by atoms with Gasteiger partial charge in [0, 0.05) is 19.2 Å². The van der Waals surface area contributed by atoms with E-state index in [0.29, 0.717) is 5.92 Å². The Balaban J connectivity index is 1.34. The van der Waals surface area contributed by atoms with Gasteiger partial charge < -0.3 is 10.2 Å². The Morgan fingerprint density at radius 3 is 2.47 bits per heavy atom. The van der Waals surface area contributed by atoms with Crippen LogP contribution in [0.1, 0.15) is 28.9 Å². The van der Waals surface area contributed by atoms with Crippen molar-refractivity contribution in [3.8, 4) is 0 Å². The summed E-state index contributed by atoms with van der Waals surface area (Å²) < 4.78 is 0. The number of aromatic amines is 2. The van der Waals surface area contributed by atoms with Crippen LogP contribution in [0.5, 0.6) is 0 Å². The van der Waals surface area contributed by atoms with Gasteiger partial charge in [-0.1, -0.05) is 30.3 Å². The van der Waals surface area contributed by atoms with E-state index in [0.717, 1.165) is 44.2 Å². The van der Waals surface area contributed by atoms with Gasteiger partial charge in [0.1, 0.15) is 5.82 Å². The molecule has 4 rings (SSSR count). The first-order valence-electron chi connectivity index (χ1n) is 9.84. The summed E-state index contributed by atoms with van der Waals surface area (Å²) in [4.78, 5) is 41.4. The van der Waals surface area contributed by atoms with Crippen LogP contribution in [0.25, 0.3) is 0 Å². The van der Waals surface area contributed by atoms with Crippen LogP contribution in [0, 0.1) is 5.92 Å². The molecule has 1 aromatic carbocycles. The molecule has 1 aliphatic rings. The molecule has 3 aromatic rings. The summed E-state index contributed by atoms with van der Waals surface area (Å²) in [6.45, 7) is 1.79. The number of aromatic nitrogens is 4. The first kappa shape index (κ1) is 19.6. The lowest BCUT2D eigenvalue weighted by Crippen LogP contribution is -2.35. The zero-order chi connectivity index (χ0) is 20.9. The molecule has 2 aromatic heterocycles. The minimum atomic E-state index is -0.699. The van der Waals surface area contributed by atoms with Gasteiger partial charge in [-0.15, -0.1) is 10.2 Å². The molecule has 0 bridgehead atoms. The summed E-state index contributed by atoms with van der Waals surface area (Å²) in [6.07, 6.45) is 3.24. The Labute approximate surface area is 172 Å². The number of H-pyrrole nitrogens is 2. The third kappa shape index (κ3) is 4.80. The summed E-state index contributed by atoms with van der Waals surface area (Å²) in [5, 5.41) is 10.6. The summed E-state index contributed by atoms with van der Waals surface area (Å²) in [7, 11) is 0. The van der Waals surface area contributed by atoms with Crippen molar-refractivity contribution in [1.82, 2.24) is 20.2 Å². The Morgan fingerprint density at radius 1 is 1.03 bits per heavy atom. The number of amides is 1. The maximum atomic E-state index is 12.3. The number of nitrogens with one attached hydrogen (secondary N) is 3. The Kier molecular flexibility index (Phi) is 5.69. The molecular formula is C21H22N6O3. The van der Waals surface area contributed by atoms with Crippen molar-refractivity contribution in [3.05, 3.63) is 80.6 Å². The molecule has 30 heavy (non-hydrogen) atoms. The highest BCUT2D eigenvalue weighted by Gasteiger charge is 2.21. The molecule has 1 aliphatic heterocycles. The zero-order valence-corrected chi connectivity index (χ0v) is 16.3. The first-order chi connectivity index (χ1) is 14.6. The van der Waals surface area contributed by atoms with Crippen molar-refractivity contribution in [2.75, 3.05) is 23.3 Å². The number of piperidine rings is 1. The van der Waals surface area contributed by atoms with E-state index in [4.69, 9.17) is 0 Å². The number of anilines is 2. The molecule has 0 unspecified atom stereocenters. The van der Waals surface area contributed by atoms with Gasteiger partial charge in [-0.2, -0.15) is 0 Å². The topological polar surface area (TPSA) is 124 Å². The molecule has 1 amide bonds. The minimum Gasteiger partial charge on any atom is -0.355 e. The van der Waals surface area contributed by atoms with E-state index in [1.807, 2.05) is 11.1 Å². The largest absolute Gasteiger partial charge is 0.355 e. The number of nitrogens with zero attached hydrogens (tertiary/aromatic N) is 3. The molecule has 0 saturated carbocycles. The number of rotatable bonds is 5. The van der Waals surface area contributed by atoms with E-state index in [1.54, 1.807) is 12.1 Å². The van der Waals surface area contributed by atoms with Gasteiger partial charge in [-0.3, -0.25) is 19.6 Å². The van der Waals surface area contributed by atoms with Crippen LogP contribution in [0.4, 0.5) is 11.6 Å². The molecule has 1 fully saturated rings. The smallest absolute Gasteiger partial charge is 0.327 e. The molecule has 1 saturated heterocycles. The highest BCUT2D eigenvalue weighted by molar-refractivity contribution is 6.02. The third-order valence-electron chi connectivity index (χ3n) is 5.20. The molecule has 3 N–H and O–H groups in total. The van der Waals surface area contributed by atoms with Crippen molar-refractivity contribution in [3.63, 3.8) is 0 Å². The van der Waals surface area contributed by atoms with Gasteiger partial charge in [0.25, 0.3) is 11.5 Å². The van der Waals surface area contributed by atoms with Gasteiger partial charge in [0.05, 0.1) is 0 Å². The average molecular weight is 406 g/mol. The Bertz CT molecular complexity index is 1090. The maximum Gasteiger partial charge on any atom is 0.327 e. The van der Waals surface area contributed by atoms with Gasteiger partial charge >= 0.3 is 5.69 Å². The maximum absolute atomic E-state index is 12.3. The molecular weight excluding hydrogens is 384 g/mol. The third-order valence-corrected chi connectivity index (χ3v) is 5.20. The first-order valence-corrected chi connectivity index (χ1v) is 9.84. The predicted molar refractivity (Wildman–Crippen MR) is 113 cm³/mol. The molecule has 0 spiro atoms. The SMILES string of the molecule is O=C(Nc1cc(=O)[nH]c(=O)[nH]1)c1ccc(N2CCC(Cc3ccccc3)CC2)nn1. The number of carbonyl (C=O) groups excluding carboxylic acids is 1. The van der Waals surface area contributed by atoms with Crippen LogP contribution < -0.4 is 21.5 Å². The molecule has 9 nitrogen and oxygen atoms in total. The van der Waals surface area contributed by atoms with Crippen molar-refractivity contribution in [1.29, 1.82) is 0 Å². The number of benzene rings is 1. The zero-order valence-electron chi connectivity index (χ0n) is 16.3. The lowest BCUT2D eigenvalue weighted by Gasteiger charge is -2.32. The summed E-state index contributed by atoms with van der Waals surface area (Å²) in [6, 6.07) is 15.0. The normalized spacial score (nSPS) is 14.5. The second-order valence-electron chi connectivity index (χ2n) is 7.35. The summed E-state index contributed by atoms with van der Waals surface area (Å²) in [5.41, 5.74) is 0.160. The fourth-order valence-corrected chi connectivity index (χ4v) is 3.65. The highest BCUT2D eigenvalue weighted by Crippen LogP contribution is 2.24. The fraction of sp³-hybridized carbons (Fsp3) is 0.286. The summed E-state index contributed by atoms with van der Waals surface area (Å²) >= 11 is 0. The standard InChI is InChI=1S/C21H22N6O3/c28-19-13-17(23-21(30)24-19)22-20(29)16-6-7-18(26-25-16)27-10-8-15(9-11-27)12-14-4-2-1-3-5-14/h1-7,13,15H,8-12H2,(H3,22,23,24,28,29,30). The molecule has 0 atom stereocenters. The van der Waals surface area contributed by atoms with Gasteiger partial charge in [0.15, 0.2) is 11.5 Å². The predicted octanol–water partition coefficient (Wildman–Crippen LogP) is 1.56. The Hall–Kier alpha value is -3.75. The Morgan fingerprint density at radius 2 is 1.80 bits per heavy atom. The van der Waals surface area contributed by atoms with E-state index in [1.165, 1.54) is 5.56 Å².